The fourth-order valence-corrected chi connectivity index (χ4v) is 2.83. The number of nitrogens with two attached hydrogens (primary N) is 1. The number of nitrogens with zero attached hydrogens (tertiary/aromatic N) is 4. The molecule has 1 fully saturated rings. The number of nitrogen functional groups attached to an aromatic ring is 1. The molecule has 2 N–H and O–H groups in total. The van der Waals surface area contributed by atoms with E-state index in [2.05, 4.69) is 16.9 Å². The lowest BCUT2D eigenvalue weighted by Gasteiger charge is -2.23. The number of anilines is 2. The monoisotopic (exact) mass is 279 g/mol. The molecule has 1 aromatic rings. The average molecular weight is 279 g/mol. The summed E-state index contributed by atoms with van der Waals surface area (Å²) in [5, 5.41) is 4.53. The van der Waals surface area contributed by atoms with Crippen molar-refractivity contribution in [2.45, 2.75) is 33.1 Å². The van der Waals surface area contributed by atoms with E-state index in [-0.39, 0.29) is 5.91 Å². The van der Waals surface area contributed by atoms with Gasteiger partial charge < -0.3 is 15.5 Å². The Kier molecular flexibility index (Phi) is 4.52. The van der Waals surface area contributed by atoms with Crippen LogP contribution < -0.4 is 10.6 Å². The predicted molar refractivity (Wildman–Crippen MR) is 80.7 cm³/mol. The molecule has 2 heterocycles. The van der Waals surface area contributed by atoms with Gasteiger partial charge in [-0.15, -0.1) is 0 Å². The van der Waals surface area contributed by atoms with Gasteiger partial charge in [0.05, 0.1) is 11.4 Å². The molecule has 112 valence electrons. The van der Waals surface area contributed by atoms with Crippen LogP contribution in [0.15, 0.2) is 0 Å². The maximum absolute atomic E-state index is 11.5. The topological polar surface area (TPSA) is 67.4 Å². The lowest BCUT2D eigenvalue weighted by Crippen LogP contribution is -2.34. The summed E-state index contributed by atoms with van der Waals surface area (Å²) in [7, 11) is 1.94. The van der Waals surface area contributed by atoms with Gasteiger partial charge in [0, 0.05) is 40.2 Å². The molecule has 1 aromatic heterocycles. The van der Waals surface area contributed by atoms with Gasteiger partial charge in [-0.2, -0.15) is 5.10 Å². The van der Waals surface area contributed by atoms with Gasteiger partial charge >= 0.3 is 0 Å². The van der Waals surface area contributed by atoms with E-state index < -0.39 is 0 Å². The molecule has 1 saturated heterocycles. The number of aromatic nitrogens is 2. The summed E-state index contributed by atoms with van der Waals surface area (Å²) in [6.45, 7) is 7.07. The van der Waals surface area contributed by atoms with Crippen molar-refractivity contribution < 1.29 is 4.79 Å². The highest BCUT2D eigenvalue weighted by molar-refractivity contribution is 5.73. The second-order valence-electron chi connectivity index (χ2n) is 5.40. The first-order valence-electron chi connectivity index (χ1n) is 7.36. The van der Waals surface area contributed by atoms with E-state index in [9.17, 15) is 4.79 Å². The largest absolute Gasteiger partial charge is 0.394 e. The molecular weight excluding hydrogens is 254 g/mol. The van der Waals surface area contributed by atoms with Crippen LogP contribution in [0.2, 0.25) is 0 Å². The fourth-order valence-electron chi connectivity index (χ4n) is 2.83. The number of hydrogen-bond acceptors (Lipinski definition) is 4. The third-order valence-electron chi connectivity index (χ3n) is 3.86. The van der Waals surface area contributed by atoms with Crippen LogP contribution >= 0.6 is 0 Å². The van der Waals surface area contributed by atoms with Crippen LogP contribution in [-0.2, 0) is 18.3 Å². The molecule has 0 unspecified atom stereocenters. The van der Waals surface area contributed by atoms with Gasteiger partial charge in [0.2, 0.25) is 5.91 Å². The van der Waals surface area contributed by atoms with E-state index in [4.69, 9.17) is 5.73 Å². The molecule has 2 rings (SSSR count). The van der Waals surface area contributed by atoms with Crippen LogP contribution in [0.4, 0.5) is 11.5 Å². The molecule has 0 aromatic carbocycles. The van der Waals surface area contributed by atoms with Gasteiger partial charge in [-0.05, 0) is 12.8 Å². The Morgan fingerprint density at radius 1 is 1.30 bits per heavy atom. The summed E-state index contributed by atoms with van der Waals surface area (Å²) in [5.41, 5.74) is 8.04. The standard InChI is InChI=1S/C14H25N5O/c1-4-6-12-13(15)14(17(3)16-12)19-8-5-7-18(9-10-19)11(2)20/h4-10,15H2,1-3H3. The molecule has 0 spiro atoms. The summed E-state index contributed by atoms with van der Waals surface area (Å²) in [4.78, 5) is 15.6. The first kappa shape index (κ1) is 14.7. The van der Waals surface area contributed by atoms with Gasteiger partial charge in [-0.1, -0.05) is 13.3 Å². The highest BCUT2D eigenvalue weighted by atomic mass is 16.2. The van der Waals surface area contributed by atoms with Crippen LogP contribution in [0, 0.1) is 0 Å². The molecule has 1 amide bonds. The minimum Gasteiger partial charge on any atom is -0.394 e. The molecule has 20 heavy (non-hydrogen) atoms. The summed E-state index contributed by atoms with van der Waals surface area (Å²) < 4.78 is 1.88. The molecule has 1 aliphatic heterocycles. The highest BCUT2D eigenvalue weighted by Gasteiger charge is 2.22. The first-order chi connectivity index (χ1) is 9.54. The summed E-state index contributed by atoms with van der Waals surface area (Å²) in [6.07, 6.45) is 2.92. The molecule has 1 aliphatic rings. The molecular formula is C14H25N5O. The van der Waals surface area contributed by atoms with Gasteiger partial charge in [0.25, 0.3) is 0 Å². The van der Waals surface area contributed by atoms with E-state index in [1.807, 2.05) is 16.6 Å². The fraction of sp³-hybridized carbons (Fsp3) is 0.714. The number of aryl methyl sites for hydroxylation is 2. The van der Waals surface area contributed by atoms with Crippen LogP contribution in [0.3, 0.4) is 0 Å². The second-order valence-corrected chi connectivity index (χ2v) is 5.40. The van der Waals surface area contributed by atoms with Crippen LogP contribution in [0.25, 0.3) is 0 Å². The number of amides is 1. The smallest absolute Gasteiger partial charge is 0.219 e. The number of carbonyl (C=O) groups is 1. The third kappa shape index (κ3) is 2.89. The van der Waals surface area contributed by atoms with Crippen molar-refractivity contribution in [3.8, 4) is 0 Å². The van der Waals surface area contributed by atoms with Gasteiger partial charge in [0.1, 0.15) is 5.82 Å². The van der Waals surface area contributed by atoms with E-state index >= 15 is 0 Å². The maximum atomic E-state index is 11.5. The van der Waals surface area contributed by atoms with Gasteiger partial charge in [0.15, 0.2) is 0 Å². The summed E-state index contributed by atoms with van der Waals surface area (Å²) in [6, 6.07) is 0. The molecule has 0 aliphatic carbocycles. The number of hydrogen-bond donors (Lipinski definition) is 1. The average Bonchev–Trinajstić information content (AvgIpc) is 2.59. The van der Waals surface area contributed by atoms with E-state index in [1.165, 1.54) is 0 Å². The van der Waals surface area contributed by atoms with Crippen molar-refractivity contribution in [3.63, 3.8) is 0 Å². The van der Waals surface area contributed by atoms with Crippen molar-refractivity contribution in [1.29, 1.82) is 0 Å². The minimum atomic E-state index is 0.150. The lowest BCUT2D eigenvalue weighted by atomic mass is 10.2. The Morgan fingerprint density at radius 3 is 2.70 bits per heavy atom. The molecule has 6 nitrogen and oxygen atoms in total. The molecule has 0 saturated carbocycles. The zero-order valence-electron chi connectivity index (χ0n) is 12.7. The zero-order chi connectivity index (χ0) is 14.7. The van der Waals surface area contributed by atoms with Crippen molar-refractivity contribution in [3.05, 3.63) is 5.69 Å². The third-order valence-corrected chi connectivity index (χ3v) is 3.86. The second kappa shape index (κ2) is 6.15. The van der Waals surface area contributed by atoms with Gasteiger partial charge in [-0.25, -0.2) is 0 Å². The lowest BCUT2D eigenvalue weighted by molar-refractivity contribution is -0.128. The molecule has 6 heteroatoms. The normalized spacial score (nSPS) is 16.4. The first-order valence-corrected chi connectivity index (χ1v) is 7.36. The van der Waals surface area contributed by atoms with Crippen molar-refractivity contribution >= 4 is 17.4 Å². The molecule has 0 bridgehead atoms. The predicted octanol–water partition coefficient (Wildman–Crippen LogP) is 1.01. The summed E-state index contributed by atoms with van der Waals surface area (Å²) >= 11 is 0. The SMILES string of the molecule is CCCc1nn(C)c(N2CCCN(C(C)=O)CC2)c1N. The Balaban J connectivity index is 2.17. The Hall–Kier alpha value is -1.72. The van der Waals surface area contributed by atoms with E-state index in [0.29, 0.717) is 0 Å². The summed E-state index contributed by atoms with van der Waals surface area (Å²) in [5.74, 6) is 1.15. The quantitative estimate of drug-likeness (QED) is 0.897. The van der Waals surface area contributed by atoms with Crippen LogP contribution in [0.1, 0.15) is 32.4 Å². The van der Waals surface area contributed by atoms with Crippen LogP contribution in [-0.4, -0.2) is 46.8 Å². The maximum Gasteiger partial charge on any atom is 0.219 e. The van der Waals surface area contributed by atoms with E-state index in [0.717, 1.165) is 62.6 Å². The van der Waals surface area contributed by atoms with Crippen molar-refractivity contribution in [2.75, 3.05) is 36.8 Å². The minimum absolute atomic E-state index is 0.150. The number of carbonyl (C=O) groups excluding carboxylic acids is 1. The number of rotatable bonds is 3. The highest BCUT2D eigenvalue weighted by Crippen LogP contribution is 2.27. The van der Waals surface area contributed by atoms with Crippen molar-refractivity contribution in [1.82, 2.24) is 14.7 Å². The molecule has 0 radical (unpaired) electrons. The van der Waals surface area contributed by atoms with E-state index in [1.54, 1.807) is 6.92 Å². The van der Waals surface area contributed by atoms with Crippen molar-refractivity contribution in [2.24, 2.45) is 7.05 Å². The van der Waals surface area contributed by atoms with Crippen LogP contribution in [0.5, 0.6) is 0 Å². The Morgan fingerprint density at radius 2 is 2.05 bits per heavy atom. The molecule has 0 atom stereocenters. The Labute approximate surface area is 120 Å². The zero-order valence-corrected chi connectivity index (χ0v) is 12.7. The van der Waals surface area contributed by atoms with Gasteiger partial charge in [-0.3, -0.25) is 9.48 Å². The Bertz CT molecular complexity index is 482.